The van der Waals surface area contributed by atoms with Gasteiger partial charge in [-0.05, 0) is 26.8 Å². The summed E-state index contributed by atoms with van der Waals surface area (Å²) < 4.78 is 5.33. The number of hydrogen-bond donors (Lipinski definition) is 1. The number of nitrogens with two attached hydrogens (primary N) is 1. The van der Waals surface area contributed by atoms with Gasteiger partial charge in [0.25, 0.3) is 0 Å². The van der Waals surface area contributed by atoms with Crippen LogP contribution in [0.2, 0.25) is 0 Å². The summed E-state index contributed by atoms with van der Waals surface area (Å²) in [5.74, 6) is 0.518. The van der Waals surface area contributed by atoms with Crippen LogP contribution in [0.25, 0.3) is 0 Å². The predicted octanol–water partition coefficient (Wildman–Crippen LogP) is 0.901. The second-order valence-electron chi connectivity index (χ2n) is 3.79. The van der Waals surface area contributed by atoms with Gasteiger partial charge in [-0.1, -0.05) is 0 Å². The molecular weight excluding hydrogens is 166 g/mol. The Kier molecular flexibility index (Phi) is 2.83. The average molecular weight is 181 g/mol. The Morgan fingerprint density at radius 3 is 2.54 bits per heavy atom. The Morgan fingerprint density at radius 2 is 2.08 bits per heavy atom. The monoisotopic (exact) mass is 181 g/mol. The first-order valence-electron chi connectivity index (χ1n) is 4.19. The molecule has 0 unspecified atom stereocenters. The third-order valence-electron chi connectivity index (χ3n) is 1.37. The highest BCUT2D eigenvalue weighted by Gasteiger charge is 2.11. The van der Waals surface area contributed by atoms with Gasteiger partial charge in [0.1, 0.15) is 6.61 Å². The third kappa shape index (κ3) is 3.85. The molecule has 0 bridgehead atoms. The lowest BCUT2D eigenvalue weighted by atomic mass is 10.1. The van der Waals surface area contributed by atoms with Crippen molar-refractivity contribution in [1.82, 2.24) is 10.2 Å². The van der Waals surface area contributed by atoms with Gasteiger partial charge in [0, 0.05) is 11.6 Å². The fraction of sp³-hybridized carbons (Fsp3) is 0.556. The minimum atomic E-state index is -0.341. The molecule has 0 spiro atoms. The van der Waals surface area contributed by atoms with E-state index in [1.807, 2.05) is 26.8 Å². The van der Waals surface area contributed by atoms with Crippen LogP contribution in [0.5, 0.6) is 5.88 Å². The predicted molar refractivity (Wildman–Crippen MR) is 50.5 cm³/mol. The molecule has 0 amide bonds. The summed E-state index contributed by atoms with van der Waals surface area (Å²) in [6.45, 7) is 6.11. The molecule has 0 fully saturated rings. The number of aromatic nitrogens is 2. The molecule has 1 heterocycles. The number of aryl methyl sites for hydroxylation is 1. The molecule has 4 heteroatoms. The largest absolute Gasteiger partial charge is 0.475 e. The highest BCUT2D eigenvalue weighted by molar-refractivity contribution is 5.10. The lowest BCUT2D eigenvalue weighted by Gasteiger charge is -2.17. The summed E-state index contributed by atoms with van der Waals surface area (Å²) in [7, 11) is 0. The van der Waals surface area contributed by atoms with Crippen molar-refractivity contribution >= 4 is 0 Å². The van der Waals surface area contributed by atoms with Crippen LogP contribution in [-0.2, 0) is 0 Å². The highest BCUT2D eigenvalue weighted by atomic mass is 16.5. The van der Waals surface area contributed by atoms with Crippen molar-refractivity contribution in [3.05, 3.63) is 17.8 Å². The van der Waals surface area contributed by atoms with Crippen molar-refractivity contribution in [2.45, 2.75) is 26.3 Å². The summed E-state index contributed by atoms with van der Waals surface area (Å²) in [6.07, 6.45) is 0. The average Bonchev–Trinajstić information content (AvgIpc) is 2.02. The van der Waals surface area contributed by atoms with E-state index in [1.54, 1.807) is 6.07 Å². The normalized spacial score (nSPS) is 11.4. The maximum Gasteiger partial charge on any atom is 0.233 e. The molecule has 0 aliphatic carbocycles. The van der Waals surface area contributed by atoms with E-state index in [0.717, 1.165) is 5.69 Å². The van der Waals surface area contributed by atoms with Gasteiger partial charge in [-0.2, -0.15) is 5.10 Å². The fourth-order valence-corrected chi connectivity index (χ4v) is 0.724. The van der Waals surface area contributed by atoms with Crippen molar-refractivity contribution in [3.8, 4) is 5.88 Å². The summed E-state index contributed by atoms with van der Waals surface area (Å²) in [4.78, 5) is 0. The zero-order valence-corrected chi connectivity index (χ0v) is 8.24. The maximum atomic E-state index is 5.74. The van der Waals surface area contributed by atoms with Crippen LogP contribution in [0.15, 0.2) is 12.1 Å². The van der Waals surface area contributed by atoms with Gasteiger partial charge in [0.15, 0.2) is 0 Å². The zero-order chi connectivity index (χ0) is 9.90. The van der Waals surface area contributed by atoms with Gasteiger partial charge in [0.05, 0.1) is 5.69 Å². The van der Waals surface area contributed by atoms with Gasteiger partial charge >= 0.3 is 0 Å². The van der Waals surface area contributed by atoms with E-state index in [1.165, 1.54) is 0 Å². The van der Waals surface area contributed by atoms with Crippen LogP contribution in [-0.4, -0.2) is 22.3 Å². The SMILES string of the molecule is Cc1ccc(OCC(C)(C)N)nn1. The van der Waals surface area contributed by atoms with Crippen molar-refractivity contribution in [1.29, 1.82) is 0 Å². The molecule has 0 radical (unpaired) electrons. The molecule has 0 aliphatic rings. The Morgan fingerprint density at radius 1 is 1.38 bits per heavy atom. The van der Waals surface area contributed by atoms with Gasteiger partial charge < -0.3 is 10.5 Å². The van der Waals surface area contributed by atoms with E-state index in [0.29, 0.717) is 12.5 Å². The second-order valence-corrected chi connectivity index (χ2v) is 3.79. The van der Waals surface area contributed by atoms with Crippen LogP contribution < -0.4 is 10.5 Å². The molecule has 13 heavy (non-hydrogen) atoms. The molecule has 0 saturated carbocycles. The van der Waals surface area contributed by atoms with Crippen molar-refractivity contribution in [3.63, 3.8) is 0 Å². The van der Waals surface area contributed by atoms with Crippen LogP contribution >= 0.6 is 0 Å². The van der Waals surface area contributed by atoms with Crippen LogP contribution in [0.4, 0.5) is 0 Å². The molecule has 0 saturated heterocycles. The Bertz CT molecular complexity index is 263. The first-order chi connectivity index (χ1) is 5.97. The minimum Gasteiger partial charge on any atom is -0.475 e. The second kappa shape index (κ2) is 3.70. The van der Waals surface area contributed by atoms with Crippen LogP contribution in [0, 0.1) is 6.92 Å². The third-order valence-corrected chi connectivity index (χ3v) is 1.37. The Labute approximate surface area is 78.1 Å². The number of ether oxygens (including phenoxy) is 1. The minimum absolute atomic E-state index is 0.341. The van der Waals surface area contributed by atoms with Gasteiger partial charge in [-0.25, -0.2) is 0 Å². The van der Waals surface area contributed by atoms with E-state index in [2.05, 4.69) is 10.2 Å². The highest BCUT2D eigenvalue weighted by Crippen LogP contribution is 2.06. The van der Waals surface area contributed by atoms with E-state index in [9.17, 15) is 0 Å². The summed E-state index contributed by atoms with van der Waals surface area (Å²) in [5, 5.41) is 7.72. The number of nitrogens with zero attached hydrogens (tertiary/aromatic N) is 2. The first-order valence-corrected chi connectivity index (χ1v) is 4.19. The van der Waals surface area contributed by atoms with Crippen molar-refractivity contribution in [2.75, 3.05) is 6.61 Å². The molecule has 0 aliphatic heterocycles. The molecule has 4 nitrogen and oxygen atoms in total. The number of rotatable bonds is 3. The molecule has 1 aromatic rings. The summed E-state index contributed by atoms with van der Waals surface area (Å²) in [5.41, 5.74) is 6.27. The standard InChI is InChI=1S/C9H15N3O/c1-7-4-5-8(12-11-7)13-6-9(2,3)10/h4-5H,6,10H2,1-3H3. The molecule has 1 aromatic heterocycles. The van der Waals surface area contributed by atoms with E-state index >= 15 is 0 Å². The molecule has 0 aromatic carbocycles. The Balaban J connectivity index is 2.51. The topological polar surface area (TPSA) is 61.0 Å². The fourth-order valence-electron chi connectivity index (χ4n) is 0.724. The van der Waals surface area contributed by atoms with Crippen LogP contribution in [0.3, 0.4) is 0 Å². The van der Waals surface area contributed by atoms with Gasteiger partial charge in [-0.15, -0.1) is 5.10 Å². The Hall–Kier alpha value is -1.16. The summed E-state index contributed by atoms with van der Waals surface area (Å²) in [6, 6.07) is 3.64. The quantitative estimate of drug-likeness (QED) is 0.752. The molecule has 72 valence electrons. The van der Waals surface area contributed by atoms with E-state index in [-0.39, 0.29) is 5.54 Å². The maximum absolute atomic E-state index is 5.74. The van der Waals surface area contributed by atoms with E-state index < -0.39 is 0 Å². The molecule has 0 atom stereocenters. The van der Waals surface area contributed by atoms with Gasteiger partial charge in [-0.3, -0.25) is 0 Å². The van der Waals surface area contributed by atoms with Crippen molar-refractivity contribution < 1.29 is 4.74 Å². The molecule has 2 N–H and O–H groups in total. The smallest absolute Gasteiger partial charge is 0.233 e. The van der Waals surface area contributed by atoms with Gasteiger partial charge in [0.2, 0.25) is 5.88 Å². The molecule has 1 rings (SSSR count). The summed E-state index contributed by atoms with van der Waals surface area (Å²) >= 11 is 0. The van der Waals surface area contributed by atoms with E-state index in [4.69, 9.17) is 10.5 Å². The lowest BCUT2D eigenvalue weighted by Crippen LogP contribution is -2.38. The van der Waals surface area contributed by atoms with Crippen LogP contribution in [0.1, 0.15) is 19.5 Å². The zero-order valence-electron chi connectivity index (χ0n) is 8.24. The lowest BCUT2D eigenvalue weighted by molar-refractivity contribution is 0.233. The first kappa shape index (κ1) is 9.92. The molecular formula is C9H15N3O. The van der Waals surface area contributed by atoms with Crippen molar-refractivity contribution in [2.24, 2.45) is 5.73 Å². The number of hydrogen-bond acceptors (Lipinski definition) is 4.